The molecule has 0 fully saturated rings. The first-order valence-corrected chi connectivity index (χ1v) is 6.78. The molecule has 5 heteroatoms. The number of hydrogen-bond acceptors (Lipinski definition) is 3. The van der Waals surface area contributed by atoms with Gasteiger partial charge in [-0.1, -0.05) is 31.0 Å². The molecule has 0 spiro atoms. The fraction of sp³-hybridized carbons (Fsp3) is 0.467. The lowest BCUT2D eigenvalue weighted by Crippen LogP contribution is -2.39. The number of rotatable bonds is 7. The highest BCUT2D eigenvalue weighted by molar-refractivity contribution is 5.97. The lowest BCUT2D eigenvalue weighted by molar-refractivity contribution is -0.136. The number of aryl methyl sites for hydroxylation is 1. The van der Waals surface area contributed by atoms with Gasteiger partial charge in [0, 0.05) is 18.2 Å². The topological polar surface area (TPSA) is 83.6 Å². The van der Waals surface area contributed by atoms with Gasteiger partial charge in [-0.15, -0.1) is 0 Å². The van der Waals surface area contributed by atoms with Crippen LogP contribution < -0.4 is 10.6 Å². The molecule has 20 heavy (non-hydrogen) atoms. The number of aliphatic carboxylic acids is 1. The van der Waals surface area contributed by atoms with Crippen molar-refractivity contribution in [3.05, 3.63) is 29.8 Å². The molecule has 1 aromatic rings. The Morgan fingerprint density at radius 3 is 2.40 bits per heavy atom. The fourth-order valence-corrected chi connectivity index (χ4v) is 1.99. The number of hydrogen-bond donors (Lipinski definition) is 2. The first-order valence-electron chi connectivity index (χ1n) is 6.78. The summed E-state index contributed by atoms with van der Waals surface area (Å²) in [5.74, 6) is -1.29. The Kier molecular flexibility index (Phi) is 6.18. The second kappa shape index (κ2) is 7.65. The number of amides is 1. The highest BCUT2D eigenvalue weighted by Gasteiger charge is 2.20. The Morgan fingerprint density at radius 2 is 1.90 bits per heavy atom. The Hall–Kier alpha value is -1.88. The van der Waals surface area contributed by atoms with Gasteiger partial charge in [0.15, 0.2) is 0 Å². The Bertz CT molecular complexity index is 457. The van der Waals surface area contributed by atoms with E-state index in [0.29, 0.717) is 5.69 Å². The summed E-state index contributed by atoms with van der Waals surface area (Å²) in [4.78, 5) is 24.4. The second-order valence-electron chi connectivity index (χ2n) is 4.96. The van der Waals surface area contributed by atoms with Crippen molar-refractivity contribution in [1.29, 1.82) is 0 Å². The average Bonchev–Trinajstić information content (AvgIpc) is 2.37. The number of carboxylic acids is 1. The maximum absolute atomic E-state index is 12.2. The van der Waals surface area contributed by atoms with Crippen LogP contribution in [-0.2, 0) is 9.59 Å². The molecule has 0 aliphatic heterocycles. The first-order chi connectivity index (χ1) is 9.43. The zero-order valence-electron chi connectivity index (χ0n) is 12.0. The quantitative estimate of drug-likeness (QED) is 0.798. The highest BCUT2D eigenvalue weighted by atomic mass is 16.4. The van der Waals surface area contributed by atoms with Crippen LogP contribution in [0.2, 0.25) is 0 Å². The predicted molar refractivity (Wildman–Crippen MR) is 78.7 cm³/mol. The molecule has 110 valence electrons. The number of benzene rings is 1. The lowest BCUT2D eigenvalue weighted by atomic mass is 10.1. The minimum Gasteiger partial charge on any atom is -0.480 e. The van der Waals surface area contributed by atoms with Crippen LogP contribution in [-0.4, -0.2) is 29.6 Å². The molecule has 1 unspecified atom stereocenters. The Labute approximate surface area is 119 Å². The summed E-state index contributed by atoms with van der Waals surface area (Å²) < 4.78 is 0. The Morgan fingerprint density at radius 1 is 1.30 bits per heavy atom. The molecule has 0 heterocycles. The van der Waals surface area contributed by atoms with E-state index in [-0.39, 0.29) is 24.9 Å². The molecule has 1 aromatic carbocycles. The van der Waals surface area contributed by atoms with Gasteiger partial charge in [0.25, 0.3) is 0 Å². The molecule has 1 amide bonds. The van der Waals surface area contributed by atoms with Crippen molar-refractivity contribution in [2.75, 3.05) is 11.4 Å². The number of nitrogens with two attached hydrogens (primary N) is 1. The third kappa shape index (κ3) is 5.01. The van der Waals surface area contributed by atoms with Crippen molar-refractivity contribution < 1.29 is 14.7 Å². The summed E-state index contributed by atoms with van der Waals surface area (Å²) in [6, 6.07) is 6.98. The molecule has 3 N–H and O–H groups in total. The lowest BCUT2D eigenvalue weighted by Gasteiger charge is -2.22. The minimum absolute atomic E-state index is 0.162. The van der Waals surface area contributed by atoms with Crippen LogP contribution in [0.1, 0.15) is 31.7 Å². The van der Waals surface area contributed by atoms with E-state index in [9.17, 15) is 9.59 Å². The monoisotopic (exact) mass is 278 g/mol. The smallest absolute Gasteiger partial charge is 0.323 e. The molecule has 0 saturated carbocycles. The Balaban J connectivity index is 2.85. The normalized spacial score (nSPS) is 11.9. The van der Waals surface area contributed by atoms with E-state index < -0.39 is 5.97 Å². The molecular formula is C15H22N2O3. The van der Waals surface area contributed by atoms with E-state index in [1.807, 2.05) is 26.0 Å². The van der Waals surface area contributed by atoms with Gasteiger partial charge in [0.1, 0.15) is 6.54 Å². The summed E-state index contributed by atoms with van der Waals surface area (Å²) >= 11 is 0. The van der Waals surface area contributed by atoms with E-state index >= 15 is 0 Å². The van der Waals surface area contributed by atoms with Crippen molar-refractivity contribution in [3.63, 3.8) is 0 Å². The maximum atomic E-state index is 12.2. The number of carboxylic acid groups (broad SMARTS) is 1. The summed E-state index contributed by atoms with van der Waals surface area (Å²) in [5.41, 5.74) is 7.51. The molecular weight excluding hydrogens is 256 g/mol. The molecule has 0 radical (unpaired) electrons. The van der Waals surface area contributed by atoms with Crippen molar-refractivity contribution in [2.45, 2.75) is 39.2 Å². The van der Waals surface area contributed by atoms with Crippen LogP contribution in [0.5, 0.6) is 0 Å². The fourth-order valence-electron chi connectivity index (χ4n) is 1.99. The molecule has 0 saturated heterocycles. The van der Waals surface area contributed by atoms with Crippen molar-refractivity contribution in [3.8, 4) is 0 Å². The second-order valence-corrected chi connectivity index (χ2v) is 4.96. The number of carbonyl (C=O) groups is 2. The summed E-state index contributed by atoms with van der Waals surface area (Å²) in [7, 11) is 0. The van der Waals surface area contributed by atoms with E-state index in [2.05, 4.69) is 0 Å². The van der Waals surface area contributed by atoms with E-state index in [0.717, 1.165) is 18.4 Å². The molecule has 1 atom stereocenters. The van der Waals surface area contributed by atoms with Crippen LogP contribution in [0.3, 0.4) is 0 Å². The minimum atomic E-state index is -1.04. The molecule has 0 bridgehead atoms. The maximum Gasteiger partial charge on any atom is 0.323 e. The number of nitrogens with zero attached hydrogens (tertiary/aromatic N) is 1. The molecule has 0 aromatic heterocycles. The van der Waals surface area contributed by atoms with Crippen molar-refractivity contribution in [1.82, 2.24) is 0 Å². The van der Waals surface area contributed by atoms with E-state index in [1.54, 1.807) is 12.1 Å². The molecule has 1 rings (SSSR count). The highest BCUT2D eigenvalue weighted by Crippen LogP contribution is 2.17. The average molecular weight is 278 g/mol. The molecule has 0 aliphatic carbocycles. The zero-order chi connectivity index (χ0) is 15.1. The number of carbonyl (C=O) groups excluding carboxylic acids is 1. The first kappa shape index (κ1) is 16.2. The standard InChI is InChI=1S/C15H22N2O3/c1-3-4-12(16)9-14(18)17(10-15(19)20)13-7-5-11(2)6-8-13/h5-8,12H,3-4,9-10,16H2,1-2H3,(H,19,20). The van der Waals surface area contributed by atoms with Gasteiger partial charge in [0.05, 0.1) is 0 Å². The van der Waals surface area contributed by atoms with E-state index in [1.165, 1.54) is 4.90 Å². The van der Waals surface area contributed by atoms with Crippen LogP contribution in [0.15, 0.2) is 24.3 Å². The van der Waals surface area contributed by atoms with Gasteiger partial charge < -0.3 is 15.7 Å². The summed E-state index contributed by atoms with van der Waals surface area (Å²) in [6.07, 6.45) is 1.81. The SMILES string of the molecule is CCCC(N)CC(=O)N(CC(=O)O)c1ccc(C)cc1. The third-order valence-electron chi connectivity index (χ3n) is 3.04. The van der Waals surface area contributed by atoms with Gasteiger partial charge in [-0.3, -0.25) is 9.59 Å². The predicted octanol–water partition coefficient (Wildman–Crippen LogP) is 1.93. The summed E-state index contributed by atoms with van der Waals surface area (Å²) in [5, 5.41) is 8.96. The van der Waals surface area contributed by atoms with Crippen LogP contribution in [0.25, 0.3) is 0 Å². The van der Waals surface area contributed by atoms with Gasteiger partial charge in [-0.25, -0.2) is 0 Å². The van der Waals surface area contributed by atoms with Gasteiger partial charge in [0.2, 0.25) is 5.91 Å². The summed E-state index contributed by atoms with van der Waals surface area (Å²) in [6.45, 7) is 3.59. The zero-order valence-corrected chi connectivity index (χ0v) is 12.0. The van der Waals surface area contributed by atoms with Crippen LogP contribution >= 0.6 is 0 Å². The molecule has 0 aliphatic rings. The van der Waals surface area contributed by atoms with E-state index in [4.69, 9.17) is 10.8 Å². The van der Waals surface area contributed by atoms with Gasteiger partial charge in [-0.2, -0.15) is 0 Å². The van der Waals surface area contributed by atoms with Crippen molar-refractivity contribution in [2.24, 2.45) is 5.73 Å². The molecule has 5 nitrogen and oxygen atoms in total. The van der Waals surface area contributed by atoms with Crippen LogP contribution in [0.4, 0.5) is 5.69 Å². The van der Waals surface area contributed by atoms with Crippen molar-refractivity contribution >= 4 is 17.6 Å². The largest absolute Gasteiger partial charge is 0.480 e. The van der Waals surface area contributed by atoms with Gasteiger partial charge in [-0.05, 0) is 25.5 Å². The van der Waals surface area contributed by atoms with Crippen LogP contribution in [0, 0.1) is 6.92 Å². The van der Waals surface area contributed by atoms with Gasteiger partial charge >= 0.3 is 5.97 Å². The number of anilines is 1. The third-order valence-corrected chi connectivity index (χ3v) is 3.04.